The van der Waals surface area contributed by atoms with E-state index in [2.05, 4.69) is 0 Å². The molecule has 8 nitrogen and oxygen atoms in total. The number of nitrogens with zero attached hydrogens (tertiary/aromatic N) is 3. The van der Waals surface area contributed by atoms with Gasteiger partial charge in [0.15, 0.2) is 0 Å². The SMILES string of the molecule is Cc1ccc2c(n1)[SH]([C@@H]1CCc3c(F)c(N4CCN(C(=O)OC(C)(C)C)CC4)cc(F)c3C1)C(C(N)=O)=C2N. The highest BCUT2D eigenvalue weighted by atomic mass is 32.2. The van der Waals surface area contributed by atoms with E-state index in [1.807, 2.05) is 19.1 Å². The van der Waals surface area contributed by atoms with Crippen molar-refractivity contribution in [3.63, 3.8) is 0 Å². The molecule has 5 rings (SSSR count). The van der Waals surface area contributed by atoms with Gasteiger partial charge >= 0.3 is 6.09 Å². The molecule has 3 aliphatic rings. The number of thiol groups is 1. The Labute approximate surface area is 229 Å². The summed E-state index contributed by atoms with van der Waals surface area (Å²) in [7, 11) is -1.31. The predicted molar refractivity (Wildman–Crippen MR) is 149 cm³/mol. The number of carbonyl (C=O) groups is 2. The van der Waals surface area contributed by atoms with Gasteiger partial charge in [0, 0.05) is 48.8 Å². The molecule has 2 amide bonds. The van der Waals surface area contributed by atoms with E-state index in [1.165, 1.54) is 6.07 Å². The van der Waals surface area contributed by atoms with Gasteiger partial charge in [0.1, 0.15) is 17.2 Å². The third-order valence-electron chi connectivity index (χ3n) is 7.47. The van der Waals surface area contributed by atoms with Crippen LogP contribution in [0.15, 0.2) is 28.1 Å². The van der Waals surface area contributed by atoms with Crippen LogP contribution in [0, 0.1) is 18.6 Å². The number of nitrogens with two attached hydrogens (primary N) is 2. The fourth-order valence-electron chi connectivity index (χ4n) is 5.65. The van der Waals surface area contributed by atoms with Gasteiger partial charge in [-0.2, -0.15) is 10.9 Å². The van der Waals surface area contributed by atoms with Crippen molar-refractivity contribution in [1.82, 2.24) is 9.88 Å². The number of anilines is 1. The number of amides is 2. The van der Waals surface area contributed by atoms with Crippen LogP contribution in [0.4, 0.5) is 19.3 Å². The maximum atomic E-state index is 15.8. The van der Waals surface area contributed by atoms with Crippen molar-refractivity contribution in [2.45, 2.75) is 62.8 Å². The van der Waals surface area contributed by atoms with E-state index in [1.54, 1.807) is 30.6 Å². The van der Waals surface area contributed by atoms with E-state index in [0.29, 0.717) is 66.3 Å². The van der Waals surface area contributed by atoms with Crippen LogP contribution in [-0.2, 0) is 22.4 Å². The normalized spacial score (nSPS) is 22.0. The lowest BCUT2D eigenvalue weighted by atomic mass is 9.89. The Morgan fingerprint density at radius 2 is 1.82 bits per heavy atom. The summed E-state index contributed by atoms with van der Waals surface area (Å²) in [4.78, 5) is 33.3. The molecule has 3 heterocycles. The molecule has 2 atom stereocenters. The molecule has 0 radical (unpaired) electrons. The van der Waals surface area contributed by atoms with Crippen LogP contribution in [0.3, 0.4) is 0 Å². The number of aryl methyl sites for hydroxylation is 1. The zero-order valence-electron chi connectivity index (χ0n) is 22.7. The Hall–Kier alpha value is -3.34. The summed E-state index contributed by atoms with van der Waals surface area (Å²) in [5.41, 5.74) is 14.3. The van der Waals surface area contributed by atoms with Crippen molar-refractivity contribution in [2.24, 2.45) is 11.5 Å². The van der Waals surface area contributed by atoms with Crippen molar-refractivity contribution in [1.29, 1.82) is 0 Å². The lowest BCUT2D eigenvalue weighted by Crippen LogP contribution is -2.50. The number of hydrogen-bond donors (Lipinski definition) is 3. The van der Waals surface area contributed by atoms with Crippen LogP contribution in [0.2, 0.25) is 0 Å². The standard InChI is InChI=1S/C28H35F2N5O3S/c1-15-5-7-18-23(31)24(25(32)36)39(26(18)33-15)16-6-8-17-19(13-16)20(29)14-21(22(17)30)34-9-11-35(12-10-34)27(37)38-28(2,3)4/h5,7,14,16,39H,6,8-13,31H2,1-4H3,(H2,32,36)/t16-/m1/s1. The Balaban J connectivity index is 1.38. The van der Waals surface area contributed by atoms with Gasteiger partial charge in [0.25, 0.3) is 5.91 Å². The Morgan fingerprint density at radius 1 is 1.13 bits per heavy atom. The molecule has 0 saturated carbocycles. The molecular formula is C28H35F2N5O3S. The number of benzene rings is 1. The van der Waals surface area contributed by atoms with Crippen molar-refractivity contribution >= 4 is 34.3 Å². The van der Waals surface area contributed by atoms with Gasteiger partial charge in [0.05, 0.1) is 21.3 Å². The molecular weight excluding hydrogens is 524 g/mol. The van der Waals surface area contributed by atoms with Crippen molar-refractivity contribution in [3.05, 3.63) is 57.1 Å². The molecule has 39 heavy (non-hydrogen) atoms. The van der Waals surface area contributed by atoms with Crippen LogP contribution in [0.1, 0.15) is 49.6 Å². The molecule has 1 aliphatic carbocycles. The first kappa shape index (κ1) is 27.2. The molecule has 2 aliphatic heterocycles. The van der Waals surface area contributed by atoms with Gasteiger partial charge < -0.3 is 26.0 Å². The maximum Gasteiger partial charge on any atom is 0.410 e. The van der Waals surface area contributed by atoms with E-state index < -0.39 is 40.1 Å². The second-order valence-corrected chi connectivity index (χ2v) is 13.7. The zero-order valence-corrected chi connectivity index (χ0v) is 23.6. The number of fused-ring (bicyclic) bond motifs is 2. The highest BCUT2D eigenvalue weighted by Gasteiger charge is 2.40. The molecule has 11 heteroatoms. The molecule has 0 spiro atoms. The Bertz CT molecular complexity index is 1380. The minimum Gasteiger partial charge on any atom is -0.444 e. The summed E-state index contributed by atoms with van der Waals surface area (Å²) in [5, 5.41) is 0.603. The second-order valence-electron chi connectivity index (χ2n) is 11.3. The van der Waals surface area contributed by atoms with Crippen molar-refractivity contribution in [3.8, 4) is 0 Å². The second kappa shape index (κ2) is 10.0. The highest BCUT2D eigenvalue weighted by Crippen LogP contribution is 2.58. The first-order valence-corrected chi connectivity index (χ1v) is 14.6. The number of aromatic nitrogens is 1. The molecule has 1 aromatic carbocycles. The van der Waals surface area contributed by atoms with E-state index >= 15 is 8.78 Å². The average molecular weight is 560 g/mol. The van der Waals surface area contributed by atoms with Crippen molar-refractivity contribution in [2.75, 3.05) is 31.1 Å². The number of piperazine rings is 1. The third-order valence-corrected chi connectivity index (χ3v) is 10.4. The monoisotopic (exact) mass is 559 g/mol. The molecule has 2 aromatic rings. The lowest BCUT2D eigenvalue weighted by Gasteiger charge is -2.38. The van der Waals surface area contributed by atoms with Gasteiger partial charge in [-0.3, -0.25) is 4.79 Å². The predicted octanol–water partition coefficient (Wildman–Crippen LogP) is 3.77. The fraction of sp³-hybridized carbons (Fsp3) is 0.464. The first-order valence-electron chi connectivity index (χ1n) is 13.1. The fourth-order valence-corrected chi connectivity index (χ4v) is 8.66. The summed E-state index contributed by atoms with van der Waals surface area (Å²) in [6.45, 7) is 8.74. The van der Waals surface area contributed by atoms with Gasteiger partial charge in [-0.1, -0.05) is 0 Å². The molecule has 1 aromatic heterocycles. The van der Waals surface area contributed by atoms with Crippen LogP contribution >= 0.6 is 10.9 Å². The summed E-state index contributed by atoms with van der Waals surface area (Å²) in [6.07, 6.45) is 0.760. The van der Waals surface area contributed by atoms with Gasteiger partial charge in [-0.05, 0) is 70.2 Å². The maximum absolute atomic E-state index is 15.8. The molecule has 4 N–H and O–H groups in total. The quantitative estimate of drug-likeness (QED) is 0.494. The van der Waals surface area contributed by atoms with Gasteiger partial charge in [-0.15, -0.1) is 0 Å². The molecule has 1 fully saturated rings. The molecule has 1 saturated heterocycles. The summed E-state index contributed by atoms with van der Waals surface area (Å²) in [6, 6.07) is 4.95. The van der Waals surface area contributed by atoms with E-state index in [4.69, 9.17) is 21.2 Å². The lowest BCUT2D eigenvalue weighted by molar-refractivity contribution is -0.113. The van der Waals surface area contributed by atoms with Crippen LogP contribution < -0.4 is 16.4 Å². The summed E-state index contributed by atoms with van der Waals surface area (Å²) < 4.78 is 36.9. The van der Waals surface area contributed by atoms with E-state index in [9.17, 15) is 9.59 Å². The first-order chi connectivity index (χ1) is 18.4. The minimum absolute atomic E-state index is 0.138. The number of pyridine rings is 1. The number of carbonyl (C=O) groups excluding carboxylic acids is 2. The number of ether oxygens (including phenoxy) is 1. The van der Waals surface area contributed by atoms with Crippen LogP contribution in [-0.4, -0.2) is 58.9 Å². The van der Waals surface area contributed by atoms with Gasteiger partial charge in [0.2, 0.25) is 0 Å². The third kappa shape index (κ3) is 5.04. The number of hydrogen-bond acceptors (Lipinski definition) is 6. The van der Waals surface area contributed by atoms with Crippen LogP contribution in [0.25, 0.3) is 5.70 Å². The number of primary amides is 1. The van der Waals surface area contributed by atoms with E-state index in [-0.39, 0.29) is 17.4 Å². The topological polar surface area (TPSA) is 115 Å². The van der Waals surface area contributed by atoms with Gasteiger partial charge in [-0.25, -0.2) is 18.6 Å². The largest absolute Gasteiger partial charge is 0.444 e. The van der Waals surface area contributed by atoms with E-state index in [0.717, 1.165) is 10.7 Å². The average Bonchev–Trinajstić information content (AvgIpc) is 3.16. The summed E-state index contributed by atoms with van der Waals surface area (Å²) in [5.74, 6) is -1.48. The van der Waals surface area contributed by atoms with Crippen molar-refractivity contribution < 1.29 is 23.1 Å². The number of rotatable bonds is 3. The smallest absolute Gasteiger partial charge is 0.410 e. The number of halogens is 2. The Morgan fingerprint density at radius 3 is 2.46 bits per heavy atom. The zero-order chi connectivity index (χ0) is 28.2. The van der Waals surface area contributed by atoms with Crippen LogP contribution in [0.5, 0.6) is 0 Å². The summed E-state index contributed by atoms with van der Waals surface area (Å²) >= 11 is 0. The minimum atomic E-state index is -1.31. The molecule has 1 unspecified atom stereocenters. The highest BCUT2D eigenvalue weighted by molar-refractivity contribution is 8.22. The Kier molecular flexibility index (Phi) is 6.98. The molecule has 210 valence electrons. The molecule has 0 bridgehead atoms.